The number of ketones is 1. The van der Waals surface area contributed by atoms with Gasteiger partial charge in [-0.2, -0.15) is 0 Å². The zero-order valence-corrected chi connectivity index (χ0v) is 12.3. The van der Waals surface area contributed by atoms with Crippen LogP contribution in [0.4, 0.5) is 0 Å². The van der Waals surface area contributed by atoms with E-state index in [2.05, 4.69) is 20.9 Å². The fourth-order valence-corrected chi connectivity index (χ4v) is 2.40. The molecule has 0 bridgehead atoms. The number of hydrogen-bond donors (Lipinski definition) is 0. The summed E-state index contributed by atoms with van der Waals surface area (Å²) in [7, 11) is 3.82. The molecule has 2 rings (SSSR count). The van der Waals surface area contributed by atoms with E-state index in [1.165, 1.54) is 0 Å². The zero-order valence-electron chi connectivity index (χ0n) is 10.7. The van der Waals surface area contributed by atoms with Crippen LogP contribution in [0, 0.1) is 0 Å². The van der Waals surface area contributed by atoms with E-state index in [1.54, 1.807) is 0 Å². The first-order valence-corrected chi connectivity index (χ1v) is 6.53. The predicted molar refractivity (Wildman–Crippen MR) is 76.1 cm³/mol. The van der Waals surface area contributed by atoms with Gasteiger partial charge in [0.1, 0.15) is 4.60 Å². The third-order valence-electron chi connectivity index (χ3n) is 2.82. The molecule has 0 saturated heterocycles. The van der Waals surface area contributed by atoms with Crippen molar-refractivity contribution in [1.82, 2.24) is 9.88 Å². The van der Waals surface area contributed by atoms with Gasteiger partial charge in [0.25, 0.3) is 0 Å². The van der Waals surface area contributed by atoms with E-state index >= 15 is 0 Å². The monoisotopic (exact) mass is 306 g/mol. The Labute approximate surface area is 115 Å². The Hall–Kier alpha value is -1.42. The van der Waals surface area contributed by atoms with Crippen LogP contribution < -0.4 is 0 Å². The molecule has 0 spiro atoms. The highest BCUT2D eigenvalue weighted by atomic mass is 79.9. The molecule has 1 aromatic rings. The highest BCUT2D eigenvalue weighted by Crippen LogP contribution is 2.30. The SMILES string of the molecule is C/C(=C\N(C)C)C(=O)C1=CCc2cnc(Br)cc21. The fourth-order valence-electron chi connectivity index (χ4n) is 2.07. The van der Waals surface area contributed by atoms with Gasteiger partial charge in [0.15, 0.2) is 5.78 Å². The summed E-state index contributed by atoms with van der Waals surface area (Å²) >= 11 is 3.35. The number of nitrogens with zero attached hydrogens (tertiary/aromatic N) is 2. The minimum atomic E-state index is 0.0838. The Balaban J connectivity index is 2.34. The van der Waals surface area contributed by atoms with E-state index in [9.17, 15) is 4.79 Å². The minimum Gasteiger partial charge on any atom is -0.383 e. The molecule has 1 aliphatic rings. The highest BCUT2D eigenvalue weighted by molar-refractivity contribution is 9.10. The number of rotatable bonds is 3. The average molecular weight is 307 g/mol. The first kappa shape index (κ1) is 13.0. The summed E-state index contributed by atoms with van der Waals surface area (Å²) in [5.74, 6) is 0.0838. The van der Waals surface area contributed by atoms with Crippen LogP contribution in [-0.2, 0) is 11.2 Å². The minimum absolute atomic E-state index is 0.0838. The van der Waals surface area contributed by atoms with Crippen LogP contribution in [0.15, 0.2) is 34.7 Å². The number of allylic oxidation sites excluding steroid dienone is 3. The number of fused-ring (bicyclic) bond motifs is 1. The molecular weight excluding hydrogens is 292 g/mol. The van der Waals surface area contributed by atoms with Crippen LogP contribution in [0.1, 0.15) is 18.1 Å². The summed E-state index contributed by atoms with van der Waals surface area (Å²) in [5, 5.41) is 0. The molecule has 1 aliphatic carbocycles. The Kier molecular flexibility index (Phi) is 3.66. The molecule has 0 amide bonds. The van der Waals surface area contributed by atoms with Gasteiger partial charge >= 0.3 is 0 Å². The Bertz CT molecular complexity index is 559. The molecule has 94 valence electrons. The van der Waals surface area contributed by atoms with Crippen molar-refractivity contribution in [2.75, 3.05) is 14.1 Å². The number of halogens is 1. The van der Waals surface area contributed by atoms with Gasteiger partial charge in [-0.25, -0.2) is 4.98 Å². The van der Waals surface area contributed by atoms with Gasteiger partial charge < -0.3 is 4.90 Å². The number of carbonyl (C=O) groups excluding carboxylic acids is 1. The van der Waals surface area contributed by atoms with Gasteiger partial charge in [-0.1, -0.05) is 6.08 Å². The Morgan fingerprint density at radius 3 is 2.89 bits per heavy atom. The summed E-state index contributed by atoms with van der Waals surface area (Å²) in [4.78, 5) is 18.4. The average Bonchev–Trinajstić information content (AvgIpc) is 2.69. The predicted octanol–water partition coefficient (Wildman–Crippen LogP) is 2.82. The second-order valence-corrected chi connectivity index (χ2v) is 5.40. The number of pyridine rings is 1. The maximum absolute atomic E-state index is 12.4. The van der Waals surface area contributed by atoms with Crippen molar-refractivity contribution in [3.05, 3.63) is 45.8 Å². The molecule has 0 aliphatic heterocycles. The van der Waals surface area contributed by atoms with Gasteiger partial charge in [-0.15, -0.1) is 0 Å². The number of carbonyl (C=O) groups is 1. The standard InChI is InChI=1S/C14H15BrN2O/c1-9(8-17(2)3)14(18)11-5-4-10-7-16-13(15)6-12(10)11/h5-8H,4H2,1-3H3/b9-8+. The van der Waals surface area contributed by atoms with E-state index in [-0.39, 0.29) is 5.78 Å². The van der Waals surface area contributed by atoms with Crippen LogP contribution in [-0.4, -0.2) is 29.8 Å². The highest BCUT2D eigenvalue weighted by Gasteiger charge is 2.21. The molecular formula is C14H15BrN2O. The second-order valence-electron chi connectivity index (χ2n) is 4.59. The Morgan fingerprint density at radius 2 is 2.22 bits per heavy atom. The zero-order chi connectivity index (χ0) is 13.3. The van der Waals surface area contributed by atoms with Crippen LogP contribution in [0.2, 0.25) is 0 Å². The first-order chi connectivity index (χ1) is 8.49. The van der Waals surface area contributed by atoms with Crippen LogP contribution in [0.25, 0.3) is 5.57 Å². The van der Waals surface area contributed by atoms with E-state index in [0.717, 1.165) is 33.3 Å². The third-order valence-corrected chi connectivity index (χ3v) is 3.26. The summed E-state index contributed by atoms with van der Waals surface area (Å²) in [6, 6.07) is 1.91. The van der Waals surface area contributed by atoms with Crippen LogP contribution in [0.3, 0.4) is 0 Å². The lowest BCUT2D eigenvalue weighted by atomic mass is 10.0. The van der Waals surface area contributed by atoms with Crippen molar-refractivity contribution in [2.24, 2.45) is 0 Å². The second kappa shape index (κ2) is 5.06. The molecule has 0 saturated carbocycles. The maximum Gasteiger partial charge on any atom is 0.190 e. The molecule has 0 N–H and O–H groups in total. The summed E-state index contributed by atoms with van der Waals surface area (Å²) in [6.07, 6.45) is 6.43. The van der Waals surface area contributed by atoms with Crippen molar-refractivity contribution in [3.8, 4) is 0 Å². The lowest BCUT2D eigenvalue weighted by molar-refractivity contribution is -0.110. The van der Waals surface area contributed by atoms with Gasteiger partial charge in [-0.05, 0) is 46.5 Å². The van der Waals surface area contributed by atoms with E-state index in [1.807, 2.05) is 50.5 Å². The number of Topliss-reactive ketones (excluding diaryl/α,β-unsaturated/α-hetero) is 1. The van der Waals surface area contributed by atoms with Crippen molar-refractivity contribution in [3.63, 3.8) is 0 Å². The maximum atomic E-state index is 12.4. The van der Waals surface area contributed by atoms with Gasteiger partial charge in [-0.3, -0.25) is 4.79 Å². The van der Waals surface area contributed by atoms with E-state index in [4.69, 9.17) is 0 Å². The molecule has 0 atom stereocenters. The normalized spacial score (nSPS) is 14.2. The van der Waals surface area contributed by atoms with Crippen molar-refractivity contribution < 1.29 is 4.79 Å². The molecule has 0 aromatic carbocycles. The molecule has 3 nitrogen and oxygen atoms in total. The molecule has 0 unspecified atom stereocenters. The van der Waals surface area contributed by atoms with Crippen molar-refractivity contribution in [1.29, 1.82) is 0 Å². The summed E-state index contributed by atoms with van der Waals surface area (Å²) < 4.78 is 0.760. The summed E-state index contributed by atoms with van der Waals surface area (Å²) in [5.41, 5.74) is 3.63. The number of hydrogen-bond acceptors (Lipinski definition) is 3. The van der Waals surface area contributed by atoms with E-state index in [0.29, 0.717) is 0 Å². The largest absolute Gasteiger partial charge is 0.383 e. The summed E-state index contributed by atoms with van der Waals surface area (Å²) in [6.45, 7) is 1.84. The van der Waals surface area contributed by atoms with E-state index < -0.39 is 0 Å². The molecule has 1 heterocycles. The lowest BCUT2D eigenvalue weighted by Gasteiger charge is -2.09. The van der Waals surface area contributed by atoms with Gasteiger partial charge in [0.05, 0.1) is 0 Å². The Morgan fingerprint density at radius 1 is 1.50 bits per heavy atom. The molecule has 4 heteroatoms. The van der Waals surface area contributed by atoms with Gasteiger partial charge in [0, 0.05) is 37.6 Å². The van der Waals surface area contributed by atoms with Crippen LogP contribution in [0.5, 0.6) is 0 Å². The molecule has 0 fully saturated rings. The smallest absolute Gasteiger partial charge is 0.190 e. The molecule has 1 aromatic heterocycles. The molecule has 0 radical (unpaired) electrons. The molecule has 18 heavy (non-hydrogen) atoms. The quantitative estimate of drug-likeness (QED) is 0.636. The van der Waals surface area contributed by atoms with Crippen molar-refractivity contribution in [2.45, 2.75) is 13.3 Å². The van der Waals surface area contributed by atoms with Gasteiger partial charge in [0.2, 0.25) is 0 Å². The fraction of sp³-hybridized carbons (Fsp3) is 0.286. The first-order valence-electron chi connectivity index (χ1n) is 5.73. The number of aromatic nitrogens is 1. The van der Waals surface area contributed by atoms with Crippen molar-refractivity contribution >= 4 is 27.3 Å². The third kappa shape index (κ3) is 2.53. The van der Waals surface area contributed by atoms with Crippen LogP contribution >= 0.6 is 15.9 Å². The topological polar surface area (TPSA) is 33.2 Å². The lowest BCUT2D eigenvalue weighted by Crippen LogP contribution is -2.08.